The predicted molar refractivity (Wildman–Crippen MR) is 106 cm³/mol. The van der Waals surface area contributed by atoms with E-state index < -0.39 is 9.84 Å². The van der Waals surface area contributed by atoms with Crippen LogP contribution in [0, 0.1) is 0 Å². The van der Waals surface area contributed by atoms with Crippen molar-refractivity contribution in [2.75, 3.05) is 18.6 Å². The standard InChI is InChI=1S/C17H24ClN5O3S/c1-4-19-17(21-12(2)9-10-27(3,24)25)20-11-15-22-16(23-26-15)13-5-7-14(18)8-6-13/h5-8,12H,4,9-11H2,1-3H3,(H2,19,20,21). The van der Waals surface area contributed by atoms with Crippen LogP contribution in [0.4, 0.5) is 0 Å². The maximum absolute atomic E-state index is 11.3. The van der Waals surface area contributed by atoms with Crippen molar-refractivity contribution in [3.8, 4) is 11.4 Å². The molecule has 148 valence electrons. The Balaban J connectivity index is 1.99. The smallest absolute Gasteiger partial charge is 0.248 e. The zero-order chi connectivity index (χ0) is 19.9. The fourth-order valence-electron chi connectivity index (χ4n) is 2.20. The second-order valence-corrected chi connectivity index (χ2v) is 8.87. The van der Waals surface area contributed by atoms with Gasteiger partial charge < -0.3 is 15.2 Å². The van der Waals surface area contributed by atoms with Crippen molar-refractivity contribution in [3.63, 3.8) is 0 Å². The molecule has 8 nitrogen and oxygen atoms in total. The van der Waals surface area contributed by atoms with Crippen LogP contribution in [0.2, 0.25) is 5.02 Å². The van der Waals surface area contributed by atoms with Gasteiger partial charge in [-0.25, -0.2) is 13.4 Å². The Hall–Kier alpha value is -2.13. The lowest BCUT2D eigenvalue weighted by Crippen LogP contribution is -2.42. The van der Waals surface area contributed by atoms with Crippen LogP contribution >= 0.6 is 11.6 Å². The lowest BCUT2D eigenvalue weighted by molar-refractivity contribution is 0.380. The molecule has 2 aromatic rings. The average molecular weight is 414 g/mol. The summed E-state index contributed by atoms with van der Waals surface area (Å²) in [7, 11) is -2.99. The molecule has 1 aromatic carbocycles. The third kappa shape index (κ3) is 7.56. The molecule has 1 atom stereocenters. The Morgan fingerprint density at radius 1 is 1.33 bits per heavy atom. The van der Waals surface area contributed by atoms with E-state index in [4.69, 9.17) is 16.1 Å². The molecule has 0 radical (unpaired) electrons. The zero-order valence-electron chi connectivity index (χ0n) is 15.6. The minimum absolute atomic E-state index is 0.0511. The normalized spacial score (nSPS) is 13.4. The number of nitrogens with one attached hydrogen (secondary N) is 2. The number of hydrogen-bond acceptors (Lipinski definition) is 6. The number of aliphatic imine (C=N–C) groups is 1. The average Bonchev–Trinajstić information content (AvgIpc) is 3.07. The maximum Gasteiger partial charge on any atom is 0.248 e. The van der Waals surface area contributed by atoms with Gasteiger partial charge in [0.25, 0.3) is 0 Å². The van der Waals surface area contributed by atoms with E-state index >= 15 is 0 Å². The van der Waals surface area contributed by atoms with Gasteiger partial charge in [-0.05, 0) is 44.5 Å². The summed E-state index contributed by atoms with van der Waals surface area (Å²) in [5.74, 6) is 1.52. The van der Waals surface area contributed by atoms with Crippen molar-refractivity contribution in [2.24, 2.45) is 4.99 Å². The summed E-state index contributed by atoms with van der Waals surface area (Å²) in [4.78, 5) is 8.74. The number of aromatic nitrogens is 2. The highest BCUT2D eigenvalue weighted by Crippen LogP contribution is 2.18. The van der Waals surface area contributed by atoms with Gasteiger partial charge in [-0.1, -0.05) is 16.8 Å². The topological polar surface area (TPSA) is 109 Å². The number of guanidine groups is 1. The molecule has 0 aliphatic rings. The van der Waals surface area contributed by atoms with Crippen molar-refractivity contribution < 1.29 is 12.9 Å². The Bertz CT molecular complexity index is 865. The fraction of sp³-hybridized carbons (Fsp3) is 0.471. The van der Waals surface area contributed by atoms with Crippen LogP contribution in [0.1, 0.15) is 26.2 Å². The molecule has 2 rings (SSSR count). The molecule has 1 aromatic heterocycles. The summed E-state index contributed by atoms with van der Waals surface area (Å²) in [5, 5.41) is 10.9. The van der Waals surface area contributed by atoms with Crippen LogP contribution in [-0.2, 0) is 16.4 Å². The van der Waals surface area contributed by atoms with Crippen LogP contribution in [-0.4, -0.2) is 49.1 Å². The van der Waals surface area contributed by atoms with Gasteiger partial charge in [-0.2, -0.15) is 4.98 Å². The van der Waals surface area contributed by atoms with E-state index in [2.05, 4.69) is 25.8 Å². The van der Waals surface area contributed by atoms with Crippen molar-refractivity contribution in [2.45, 2.75) is 32.9 Å². The summed E-state index contributed by atoms with van der Waals surface area (Å²) < 4.78 is 27.8. The van der Waals surface area contributed by atoms with Crippen molar-refractivity contribution in [1.82, 2.24) is 20.8 Å². The minimum atomic E-state index is -2.99. The summed E-state index contributed by atoms with van der Waals surface area (Å²) >= 11 is 5.88. The molecule has 2 N–H and O–H groups in total. The number of sulfone groups is 1. The van der Waals surface area contributed by atoms with Crippen molar-refractivity contribution in [1.29, 1.82) is 0 Å². The molecule has 10 heteroatoms. The van der Waals surface area contributed by atoms with Crippen LogP contribution in [0.5, 0.6) is 0 Å². The first-order chi connectivity index (χ1) is 12.8. The molecule has 0 saturated heterocycles. The molecular formula is C17H24ClN5O3S. The summed E-state index contributed by atoms with van der Waals surface area (Å²) in [6, 6.07) is 7.10. The summed E-state index contributed by atoms with van der Waals surface area (Å²) in [6.07, 6.45) is 1.72. The number of benzene rings is 1. The SMILES string of the molecule is CCNC(=NCc1nc(-c2ccc(Cl)cc2)no1)NC(C)CCS(C)(=O)=O. The van der Waals surface area contributed by atoms with Gasteiger partial charge in [-0.3, -0.25) is 0 Å². The molecule has 1 heterocycles. The highest BCUT2D eigenvalue weighted by Gasteiger charge is 2.11. The van der Waals surface area contributed by atoms with Crippen LogP contribution < -0.4 is 10.6 Å². The number of nitrogens with zero attached hydrogens (tertiary/aromatic N) is 3. The second kappa shape index (κ2) is 9.70. The van der Waals surface area contributed by atoms with Crippen molar-refractivity contribution >= 4 is 27.4 Å². The van der Waals surface area contributed by atoms with E-state index in [1.54, 1.807) is 12.1 Å². The lowest BCUT2D eigenvalue weighted by Gasteiger charge is -2.17. The summed E-state index contributed by atoms with van der Waals surface area (Å²) in [6.45, 7) is 4.73. The molecule has 1 unspecified atom stereocenters. The van der Waals surface area contributed by atoms with Crippen LogP contribution in [0.25, 0.3) is 11.4 Å². The highest BCUT2D eigenvalue weighted by molar-refractivity contribution is 7.90. The number of halogens is 1. The van der Waals surface area contributed by atoms with Gasteiger partial charge in [-0.15, -0.1) is 0 Å². The van der Waals surface area contributed by atoms with Gasteiger partial charge in [0.05, 0.1) is 5.75 Å². The minimum Gasteiger partial charge on any atom is -0.357 e. The van der Waals surface area contributed by atoms with Gasteiger partial charge in [0.2, 0.25) is 11.7 Å². The quantitative estimate of drug-likeness (QED) is 0.504. The van der Waals surface area contributed by atoms with E-state index in [0.717, 1.165) is 5.56 Å². The fourth-order valence-corrected chi connectivity index (χ4v) is 3.11. The number of rotatable bonds is 8. The molecule has 27 heavy (non-hydrogen) atoms. The Kier molecular flexibility index (Phi) is 7.61. The highest BCUT2D eigenvalue weighted by atomic mass is 35.5. The van der Waals surface area contributed by atoms with Gasteiger partial charge in [0, 0.05) is 29.4 Å². The van der Waals surface area contributed by atoms with E-state index in [1.165, 1.54) is 6.26 Å². The molecule has 0 amide bonds. The first kappa shape index (κ1) is 21.2. The van der Waals surface area contributed by atoms with E-state index in [9.17, 15) is 8.42 Å². The van der Waals surface area contributed by atoms with E-state index in [0.29, 0.717) is 35.7 Å². The van der Waals surface area contributed by atoms with Gasteiger partial charge in [0.15, 0.2) is 5.96 Å². The Morgan fingerprint density at radius 3 is 2.67 bits per heavy atom. The van der Waals surface area contributed by atoms with Crippen LogP contribution in [0.15, 0.2) is 33.8 Å². The molecule has 0 aliphatic heterocycles. The van der Waals surface area contributed by atoms with Crippen LogP contribution in [0.3, 0.4) is 0 Å². The lowest BCUT2D eigenvalue weighted by atomic mass is 10.2. The molecule has 0 fully saturated rings. The third-order valence-corrected chi connectivity index (χ3v) is 4.82. The van der Waals surface area contributed by atoms with Gasteiger partial charge >= 0.3 is 0 Å². The zero-order valence-corrected chi connectivity index (χ0v) is 17.1. The third-order valence-electron chi connectivity index (χ3n) is 3.59. The van der Waals surface area contributed by atoms with E-state index in [-0.39, 0.29) is 18.3 Å². The molecule has 0 bridgehead atoms. The Labute approximate surface area is 164 Å². The molecule has 0 saturated carbocycles. The van der Waals surface area contributed by atoms with Gasteiger partial charge in [0.1, 0.15) is 16.4 Å². The Morgan fingerprint density at radius 2 is 2.04 bits per heavy atom. The summed E-state index contributed by atoms with van der Waals surface area (Å²) in [5.41, 5.74) is 0.804. The number of hydrogen-bond donors (Lipinski definition) is 2. The molecule has 0 aliphatic carbocycles. The predicted octanol–water partition coefficient (Wildman–Crippen LogP) is 2.27. The van der Waals surface area contributed by atoms with E-state index in [1.807, 2.05) is 26.0 Å². The molecule has 0 spiro atoms. The first-order valence-corrected chi connectivity index (χ1v) is 11.0. The first-order valence-electron chi connectivity index (χ1n) is 8.58. The van der Waals surface area contributed by atoms with Crippen molar-refractivity contribution in [3.05, 3.63) is 35.2 Å². The maximum atomic E-state index is 11.3. The largest absolute Gasteiger partial charge is 0.357 e. The second-order valence-electron chi connectivity index (χ2n) is 6.18. The molecular weight excluding hydrogens is 390 g/mol. The monoisotopic (exact) mass is 413 g/mol.